The monoisotopic (exact) mass is 276 g/mol. The van der Waals surface area contributed by atoms with Crippen molar-refractivity contribution >= 4 is 0 Å². The predicted octanol–water partition coefficient (Wildman–Crippen LogP) is -2.40. The summed E-state index contributed by atoms with van der Waals surface area (Å²) in [5.74, 6) is 0. The van der Waals surface area contributed by atoms with E-state index in [9.17, 15) is 10.2 Å². The lowest BCUT2D eigenvalue weighted by Gasteiger charge is -2.41. The highest BCUT2D eigenvalue weighted by molar-refractivity contribution is 4.87. The number of likely N-dealkylation sites (N-methyl/N-ethyl adjacent to an activating group) is 1. The van der Waals surface area contributed by atoms with Crippen LogP contribution in [-0.4, -0.2) is 91.4 Å². The lowest BCUT2D eigenvalue weighted by molar-refractivity contribution is -0.236. The fourth-order valence-electron chi connectivity index (χ4n) is 2.51. The molecule has 7 nitrogen and oxygen atoms in total. The Kier molecular flexibility index (Phi) is 7.16. The van der Waals surface area contributed by atoms with Crippen LogP contribution in [0.25, 0.3) is 0 Å². The van der Waals surface area contributed by atoms with Crippen LogP contribution in [0.3, 0.4) is 0 Å². The van der Waals surface area contributed by atoms with Crippen LogP contribution < -0.4 is 11.5 Å². The van der Waals surface area contributed by atoms with E-state index in [0.29, 0.717) is 26.1 Å². The number of nitrogens with two attached hydrogens (primary N) is 2. The summed E-state index contributed by atoms with van der Waals surface area (Å²) >= 11 is 0. The molecule has 0 aromatic rings. The zero-order valence-electron chi connectivity index (χ0n) is 11.9. The molecule has 6 N–H and O–H groups in total. The van der Waals surface area contributed by atoms with Crippen molar-refractivity contribution in [2.24, 2.45) is 11.5 Å². The molecular formula is C12H28N4O3. The van der Waals surface area contributed by atoms with Gasteiger partial charge in [-0.2, -0.15) is 0 Å². The summed E-state index contributed by atoms with van der Waals surface area (Å²) in [6.07, 6.45) is -1.45. The first-order valence-corrected chi connectivity index (χ1v) is 6.80. The molecule has 0 bridgehead atoms. The second-order valence-electron chi connectivity index (χ2n) is 5.28. The van der Waals surface area contributed by atoms with Crippen LogP contribution in [0.4, 0.5) is 0 Å². The molecular weight excluding hydrogens is 248 g/mol. The van der Waals surface area contributed by atoms with E-state index in [1.54, 1.807) is 0 Å². The molecule has 0 radical (unpaired) electrons. The third kappa shape index (κ3) is 4.96. The average Bonchev–Trinajstić information content (AvgIpc) is 2.33. The van der Waals surface area contributed by atoms with E-state index in [4.69, 9.17) is 16.2 Å². The van der Waals surface area contributed by atoms with E-state index >= 15 is 0 Å². The minimum atomic E-state index is -1.14. The van der Waals surface area contributed by atoms with Crippen molar-refractivity contribution in [1.29, 1.82) is 0 Å². The molecule has 0 spiro atoms. The zero-order chi connectivity index (χ0) is 14.4. The number of aliphatic hydroxyl groups is 2. The Morgan fingerprint density at radius 2 is 1.74 bits per heavy atom. The Morgan fingerprint density at radius 1 is 1.16 bits per heavy atom. The molecule has 1 aliphatic heterocycles. The van der Waals surface area contributed by atoms with Crippen molar-refractivity contribution in [2.45, 2.75) is 31.0 Å². The minimum Gasteiger partial charge on any atom is -0.386 e. The Hall–Kier alpha value is -0.280. The van der Waals surface area contributed by atoms with Crippen molar-refractivity contribution < 1.29 is 14.9 Å². The van der Waals surface area contributed by atoms with E-state index < -0.39 is 12.4 Å². The summed E-state index contributed by atoms with van der Waals surface area (Å²) in [4.78, 5) is 4.04. The van der Waals surface area contributed by atoms with Crippen molar-refractivity contribution in [2.75, 3.05) is 46.8 Å². The van der Waals surface area contributed by atoms with Crippen molar-refractivity contribution in [1.82, 2.24) is 9.80 Å². The third-order valence-corrected chi connectivity index (χ3v) is 3.54. The molecule has 1 rings (SSSR count). The summed E-state index contributed by atoms with van der Waals surface area (Å²) in [6.45, 7) is 3.30. The van der Waals surface area contributed by atoms with E-state index in [2.05, 4.69) is 4.90 Å². The SMILES string of the molecule is CN(C)C1C[C@@H](CN(CCN)CCN)O[C@@H](O)C1O. The van der Waals surface area contributed by atoms with Gasteiger partial charge in [-0.15, -0.1) is 0 Å². The van der Waals surface area contributed by atoms with Crippen LogP contribution in [0.2, 0.25) is 0 Å². The fourth-order valence-corrected chi connectivity index (χ4v) is 2.51. The maximum Gasteiger partial charge on any atom is 0.182 e. The molecule has 1 aliphatic rings. The molecule has 1 saturated heterocycles. The maximum absolute atomic E-state index is 9.90. The van der Waals surface area contributed by atoms with Gasteiger partial charge in [0.05, 0.1) is 6.10 Å². The molecule has 114 valence electrons. The molecule has 0 aromatic carbocycles. The molecule has 0 aliphatic carbocycles. The van der Waals surface area contributed by atoms with Gasteiger partial charge in [-0.1, -0.05) is 0 Å². The summed E-state index contributed by atoms with van der Waals surface area (Å²) in [6, 6.07) is -0.105. The van der Waals surface area contributed by atoms with Crippen LogP contribution in [0.5, 0.6) is 0 Å². The Bertz CT molecular complexity index is 249. The highest BCUT2D eigenvalue weighted by Gasteiger charge is 2.38. The second kappa shape index (κ2) is 8.11. The number of hydrogen-bond acceptors (Lipinski definition) is 7. The molecule has 7 heteroatoms. The standard InChI is InChI=1S/C12H28N4O3/c1-15(2)10-7-9(19-12(18)11(10)17)8-16(5-3-13)6-4-14/h9-12,17-18H,3-8,13-14H2,1-2H3/t9-,10?,11?,12+/m0/s1. The molecule has 2 unspecified atom stereocenters. The van der Waals surface area contributed by atoms with Gasteiger partial charge in [-0.3, -0.25) is 4.90 Å². The largest absolute Gasteiger partial charge is 0.386 e. The number of aliphatic hydroxyl groups excluding tert-OH is 2. The van der Waals surface area contributed by atoms with Crippen LogP contribution in [0.1, 0.15) is 6.42 Å². The summed E-state index contributed by atoms with van der Waals surface area (Å²) in [5, 5.41) is 19.7. The summed E-state index contributed by atoms with van der Waals surface area (Å²) in [7, 11) is 3.78. The van der Waals surface area contributed by atoms with Gasteiger partial charge in [0.2, 0.25) is 0 Å². The smallest absolute Gasteiger partial charge is 0.182 e. The van der Waals surface area contributed by atoms with Crippen molar-refractivity contribution in [3.8, 4) is 0 Å². The maximum atomic E-state index is 9.90. The summed E-state index contributed by atoms with van der Waals surface area (Å²) < 4.78 is 5.46. The van der Waals surface area contributed by atoms with Gasteiger partial charge < -0.3 is 31.3 Å². The first-order valence-electron chi connectivity index (χ1n) is 6.80. The molecule has 0 amide bonds. The Balaban J connectivity index is 2.57. The van der Waals surface area contributed by atoms with Gasteiger partial charge in [-0.25, -0.2) is 0 Å². The van der Waals surface area contributed by atoms with Crippen LogP contribution in [-0.2, 0) is 4.74 Å². The second-order valence-corrected chi connectivity index (χ2v) is 5.28. The van der Waals surface area contributed by atoms with Gasteiger partial charge in [0.15, 0.2) is 6.29 Å². The molecule has 4 atom stereocenters. The lowest BCUT2D eigenvalue weighted by atomic mass is 9.98. The van der Waals surface area contributed by atoms with Gasteiger partial charge in [0, 0.05) is 38.8 Å². The third-order valence-electron chi connectivity index (χ3n) is 3.54. The van der Waals surface area contributed by atoms with Gasteiger partial charge >= 0.3 is 0 Å². The Morgan fingerprint density at radius 3 is 2.21 bits per heavy atom. The summed E-state index contributed by atoms with van der Waals surface area (Å²) in [5.41, 5.74) is 11.1. The van der Waals surface area contributed by atoms with Crippen molar-refractivity contribution in [3.05, 3.63) is 0 Å². The van der Waals surface area contributed by atoms with E-state index in [0.717, 1.165) is 13.1 Å². The highest BCUT2D eigenvalue weighted by atomic mass is 16.6. The quantitative estimate of drug-likeness (QED) is 0.411. The fraction of sp³-hybridized carbons (Fsp3) is 1.00. The minimum absolute atomic E-state index is 0.105. The molecule has 0 saturated carbocycles. The van der Waals surface area contributed by atoms with Crippen LogP contribution in [0.15, 0.2) is 0 Å². The van der Waals surface area contributed by atoms with Crippen molar-refractivity contribution in [3.63, 3.8) is 0 Å². The first-order chi connectivity index (χ1) is 8.99. The number of hydrogen-bond donors (Lipinski definition) is 4. The molecule has 19 heavy (non-hydrogen) atoms. The van der Waals surface area contributed by atoms with Crippen LogP contribution in [0, 0.1) is 0 Å². The van der Waals surface area contributed by atoms with E-state index in [1.807, 2.05) is 19.0 Å². The van der Waals surface area contributed by atoms with E-state index in [1.165, 1.54) is 0 Å². The molecule has 0 aromatic heterocycles. The highest BCUT2D eigenvalue weighted by Crippen LogP contribution is 2.22. The van der Waals surface area contributed by atoms with E-state index in [-0.39, 0.29) is 12.1 Å². The number of rotatable bonds is 7. The predicted molar refractivity (Wildman–Crippen MR) is 73.5 cm³/mol. The number of nitrogens with zero attached hydrogens (tertiary/aromatic N) is 2. The van der Waals surface area contributed by atoms with Crippen LogP contribution >= 0.6 is 0 Å². The van der Waals surface area contributed by atoms with Gasteiger partial charge in [0.1, 0.15) is 6.10 Å². The van der Waals surface area contributed by atoms with Gasteiger partial charge in [-0.05, 0) is 20.5 Å². The average molecular weight is 276 g/mol. The number of ether oxygens (including phenoxy) is 1. The molecule has 1 fully saturated rings. The Labute approximate surface area is 115 Å². The zero-order valence-corrected chi connectivity index (χ0v) is 11.9. The topological polar surface area (TPSA) is 108 Å². The lowest BCUT2D eigenvalue weighted by Crippen LogP contribution is -2.56. The van der Waals surface area contributed by atoms with Gasteiger partial charge in [0.25, 0.3) is 0 Å². The normalized spacial score (nSPS) is 32.2. The first kappa shape index (κ1) is 16.8. The molecule has 1 heterocycles.